The second-order valence-electron chi connectivity index (χ2n) is 7.56. The fourth-order valence-corrected chi connectivity index (χ4v) is 3.80. The minimum Gasteiger partial charge on any atom is -0.497 e. The Morgan fingerprint density at radius 3 is 2.38 bits per heavy atom. The van der Waals surface area contributed by atoms with Crippen molar-refractivity contribution in [3.63, 3.8) is 0 Å². The monoisotopic (exact) mass is 461 g/mol. The molecule has 0 saturated heterocycles. The van der Waals surface area contributed by atoms with Gasteiger partial charge in [-0.05, 0) is 35.9 Å². The first kappa shape index (κ1) is 23.0. The van der Waals surface area contributed by atoms with Crippen LogP contribution in [0.3, 0.4) is 0 Å². The van der Waals surface area contributed by atoms with Crippen molar-refractivity contribution in [1.82, 2.24) is 10.3 Å². The van der Waals surface area contributed by atoms with Gasteiger partial charge >= 0.3 is 6.09 Å². The van der Waals surface area contributed by atoms with Crippen LogP contribution in [-0.2, 0) is 11.2 Å². The molecule has 4 rings (SSSR count). The molecule has 0 atom stereocenters. The molecule has 8 nitrogen and oxygen atoms in total. The lowest BCUT2D eigenvalue weighted by molar-refractivity contribution is 0.150. The summed E-state index contributed by atoms with van der Waals surface area (Å²) >= 11 is 0. The number of alkyl carbamates (subject to hydrolysis) is 1. The number of amides is 1. The lowest BCUT2D eigenvalue weighted by Gasteiger charge is -2.16. The molecule has 0 unspecified atom stereocenters. The maximum absolute atomic E-state index is 11.3. The summed E-state index contributed by atoms with van der Waals surface area (Å²) in [4.78, 5) is 16.2. The summed E-state index contributed by atoms with van der Waals surface area (Å²) in [5.74, 6) is 1.95. The maximum atomic E-state index is 11.3. The molecule has 0 saturated carbocycles. The molecule has 1 aromatic heterocycles. The van der Waals surface area contributed by atoms with E-state index in [1.54, 1.807) is 21.3 Å². The van der Waals surface area contributed by atoms with E-state index >= 15 is 0 Å². The van der Waals surface area contributed by atoms with E-state index in [0.29, 0.717) is 24.5 Å². The number of benzene rings is 3. The number of nitrogens with one attached hydrogen (secondary N) is 2. The fourth-order valence-electron chi connectivity index (χ4n) is 3.80. The standard InChI is InChI=1S/C26H27N3O5/c1-27-26(30)34-11-10-16-6-5-7-17(12-16)28-25-19-9-8-18(31-2)13-21(19)29-22-15-24(33-4)23(32-3)14-20(22)25/h5-9,12-15H,10-11H2,1-4H3,(H,27,30)(H,28,29). The van der Waals surface area contributed by atoms with Crippen LogP contribution in [-0.4, -0.2) is 46.1 Å². The first-order valence-electron chi connectivity index (χ1n) is 10.8. The lowest BCUT2D eigenvalue weighted by Crippen LogP contribution is -2.20. The minimum atomic E-state index is -0.441. The van der Waals surface area contributed by atoms with Crippen molar-refractivity contribution >= 4 is 39.3 Å². The fraction of sp³-hybridized carbons (Fsp3) is 0.231. The molecule has 3 aromatic carbocycles. The first-order chi connectivity index (χ1) is 16.6. The average molecular weight is 462 g/mol. The number of hydrogen-bond acceptors (Lipinski definition) is 7. The zero-order valence-corrected chi connectivity index (χ0v) is 19.6. The SMILES string of the molecule is CNC(=O)OCCc1cccc(Nc2c3ccc(OC)cc3nc3cc(OC)c(OC)cc23)c1. The third-order valence-corrected chi connectivity index (χ3v) is 5.51. The van der Waals surface area contributed by atoms with Crippen molar-refractivity contribution in [2.24, 2.45) is 0 Å². The van der Waals surface area contributed by atoms with Gasteiger partial charge in [0.25, 0.3) is 0 Å². The highest BCUT2D eigenvalue weighted by atomic mass is 16.5. The normalized spacial score (nSPS) is 10.7. The largest absolute Gasteiger partial charge is 0.497 e. The van der Waals surface area contributed by atoms with Crippen LogP contribution in [0.15, 0.2) is 54.6 Å². The molecule has 4 aromatic rings. The summed E-state index contributed by atoms with van der Waals surface area (Å²) in [6.07, 6.45) is 0.159. The molecule has 34 heavy (non-hydrogen) atoms. The maximum Gasteiger partial charge on any atom is 0.406 e. The van der Waals surface area contributed by atoms with Gasteiger partial charge in [-0.25, -0.2) is 9.78 Å². The number of anilines is 2. The Labute approximate surface area is 197 Å². The van der Waals surface area contributed by atoms with Crippen molar-refractivity contribution in [1.29, 1.82) is 0 Å². The zero-order valence-electron chi connectivity index (χ0n) is 19.6. The molecule has 0 aliphatic rings. The molecule has 176 valence electrons. The Bertz CT molecular complexity index is 1340. The van der Waals surface area contributed by atoms with Crippen LogP contribution >= 0.6 is 0 Å². The number of nitrogens with zero attached hydrogens (tertiary/aromatic N) is 1. The molecule has 0 aliphatic carbocycles. The smallest absolute Gasteiger partial charge is 0.406 e. The Kier molecular flexibility index (Phi) is 6.87. The van der Waals surface area contributed by atoms with Gasteiger partial charge < -0.3 is 29.6 Å². The number of ether oxygens (including phenoxy) is 4. The molecule has 1 amide bonds. The van der Waals surface area contributed by atoms with Gasteiger partial charge in [-0.3, -0.25) is 0 Å². The van der Waals surface area contributed by atoms with E-state index in [2.05, 4.69) is 10.6 Å². The van der Waals surface area contributed by atoms with Crippen molar-refractivity contribution < 1.29 is 23.7 Å². The summed E-state index contributed by atoms with van der Waals surface area (Å²) in [5, 5.41) is 7.85. The summed E-state index contributed by atoms with van der Waals surface area (Å²) in [5.41, 5.74) is 4.38. The highest BCUT2D eigenvalue weighted by Crippen LogP contribution is 2.40. The number of methoxy groups -OCH3 is 3. The van der Waals surface area contributed by atoms with Gasteiger partial charge in [0.05, 0.1) is 44.7 Å². The second-order valence-corrected chi connectivity index (χ2v) is 7.56. The Balaban J connectivity index is 1.78. The van der Waals surface area contributed by atoms with E-state index in [1.165, 1.54) is 7.05 Å². The van der Waals surface area contributed by atoms with Gasteiger partial charge in [-0.2, -0.15) is 0 Å². The van der Waals surface area contributed by atoms with E-state index < -0.39 is 6.09 Å². The van der Waals surface area contributed by atoms with Gasteiger partial charge in [-0.1, -0.05) is 12.1 Å². The van der Waals surface area contributed by atoms with Crippen molar-refractivity contribution in [3.05, 3.63) is 60.2 Å². The first-order valence-corrected chi connectivity index (χ1v) is 10.8. The van der Waals surface area contributed by atoms with E-state index in [4.69, 9.17) is 23.9 Å². The lowest BCUT2D eigenvalue weighted by atomic mass is 10.1. The van der Waals surface area contributed by atoms with Gasteiger partial charge in [0.15, 0.2) is 11.5 Å². The number of aromatic nitrogens is 1. The van der Waals surface area contributed by atoms with Gasteiger partial charge in [0.2, 0.25) is 0 Å². The number of carbonyl (C=O) groups excluding carboxylic acids is 1. The Morgan fingerprint density at radius 1 is 0.882 bits per heavy atom. The molecular formula is C26H27N3O5. The Morgan fingerprint density at radius 2 is 1.65 bits per heavy atom. The molecule has 0 aliphatic heterocycles. The number of fused-ring (bicyclic) bond motifs is 2. The van der Waals surface area contributed by atoms with E-state index in [-0.39, 0.29) is 0 Å². The minimum absolute atomic E-state index is 0.293. The van der Waals surface area contributed by atoms with Crippen LogP contribution in [0.25, 0.3) is 21.8 Å². The van der Waals surface area contributed by atoms with Gasteiger partial charge in [0.1, 0.15) is 5.75 Å². The van der Waals surface area contributed by atoms with Gasteiger partial charge in [0, 0.05) is 42.1 Å². The quantitative estimate of drug-likeness (QED) is 0.355. The second kappa shape index (κ2) is 10.2. The Hall–Kier alpha value is -4.20. The van der Waals surface area contributed by atoms with Crippen LogP contribution in [0.4, 0.5) is 16.2 Å². The molecule has 0 spiro atoms. The van der Waals surface area contributed by atoms with E-state index in [9.17, 15) is 4.79 Å². The highest BCUT2D eigenvalue weighted by Gasteiger charge is 2.15. The van der Waals surface area contributed by atoms with Crippen molar-refractivity contribution in [2.45, 2.75) is 6.42 Å². The molecule has 0 radical (unpaired) electrons. The molecule has 0 fully saturated rings. The van der Waals surface area contributed by atoms with Crippen LogP contribution < -0.4 is 24.8 Å². The van der Waals surface area contributed by atoms with E-state index in [1.807, 2.05) is 54.6 Å². The van der Waals surface area contributed by atoms with Crippen LogP contribution in [0.1, 0.15) is 5.56 Å². The number of hydrogen-bond donors (Lipinski definition) is 2. The van der Waals surface area contributed by atoms with Crippen molar-refractivity contribution in [3.8, 4) is 17.2 Å². The van der Waals surface area contributed by atoms with Crippen LogP contribution in [0, 0.1) is 0 Å². The third kappa shape index (κ3) is 4.76. The predicted octanol–water partition coefficient (Wildman–Crippen LogP) is 5.06. The zero-order chi connectivity index (χ0) is 24.1. The third-order valence-electron chi connectivity index (χ3n) is 5.51. The highest BCUT2D eigenvalue weighted by molar-refractivity contribution is 6.09. The summed E-state index contributed by atoms with van der Waals surface area (Å²) in [7, 11) is 6.39. The predicted molar refractivity (Wildman–Crippen MR) is 133 cm³/mol. The summed E-state index contributed by atoms with van der Waals surface area (Å²) in [6, 6.07) is 17.6. The molecule has 2 N–H and O–H groups in total. The number of rotatable bonds is 8. The van der Waals surface area contributed by atoms with Gasteiger partial charge in [-0.15, -0.1) is 0 Å². The molecular weight excluding hydrogens is 434 g/mol. The summed E-state index contributed by atoms with van der Waals surface area (Å²) in [6.45, 7) is 0.293. The number of carbonyl (C=O) groups is 1. The van der Waals surface area contributed by atoms with Crippen LogP contribution in [0.2, 0.25) is 0 Å². The molecule has 1 heterocycles. The van der Waals surface area contributed by atoms with Crippen molar-refractivity contribution in [2.75, 3.05) is 40.3 Å². The van der Waals surface area contributed by atoms with E-state index in [0.717, 1.165) is 44.5 Å². The topological polar surface area (TPSA) is 90.9 Å². The number of pyridine rings is 1. The van der Waals surface area contributed by atoms with Crippen LogP contribution in [0.5, 0.6) is 17.2 Å². The molecule has 8 heteroatoms. The molecule has 0 bridgehead atoms. The summed E-state index contributed by atoms with van der Waals surface area (Å²) < 4.78 is 21.6. The average Bonchev–Trinajstić information content (AvgIpc) is 2.87.